The number of hydrogen-bond acceptors (Lipinski definition) is 2. The van der Waals surface area contributed by atoms with Crippen LogP contribution in [0.25, 0.3) is 0 Å². The van der Waals surface area contributed by atoms with Gasteiger partial charge >= 0.3 is 0 Å². The maximum absolute atomic E-state index is 12.8. The van der Waals surface area contributed by atoms with Gasteiger partial charge in [-0.25, -0.2) is 8.78 Å². The molecule has 1 fully saturated rings. The monoisotopic (exact) mass is 346 g/mol. The van der Waals surface area contributed by atoms with Gasteiger partial charge in [-0.2, -0.15) is 0 Å². The highest BCUT2D eigenvalue weighted by Crippen LogP contribution is 2.29. The van der Waals surface area contributed by atoms with Gasteiger partial charge in [-0.05, 0) is 19.3 Å². The van der Waals surface area contributed by atoms with Crippen molar-refractivity contribution in [3.63, 3.8) is 0 Å². The number of unbranched alkanes of at least 4 members (excludes halogenated alkanes) is 7. The molecule has 0 saturated carbocycles. The molecule has 144 valence electrons. The van der Waals surface area contributed by atoms with Crippen molar-refractivity contribution in [2.75, 3.05) is 13.1 Å². The average molecular weight is 347 g/mol. The van der Waals surface area contributed by atoms with Gasteiger partial charge in [-0.15, -0.1) is 0 Å². The van der Waals surface area contributed by atoms with Crippen LogP contribution in [0.4, 0.5) is 8.78 Å². The first kappa shape index (κ1) is 21.8. The predicted molar refractivity (Wildman–Crippen MR) is 99.7 cm³/mol. The number of rotatable bonds is 14. The molecule has 0 aromatic carbocycles. The molecule has 0 radical (unpaired) electrons. The van der Waals surface area contributed by atoms with E-state index >= 15 is 0 Å². The maximum Gasteiger partial charge on any atom is 0.240 e. The fourth-order valence-electron chi connectivity index (χ4n) is 4.01. The molecule has 0 aromatic heterocycles. The number of alkyl halides is 2. The van der Waals surface area contributed by atoms with Gasteiger partial charge in [-0.1, -0.05) is 71.6 Å². The lowest BCUT2D eigenvalue weighted by molar-refractivity contribution is 0.101. The Morgan fingerprint density at radius 3 is 2.00 bits per heavy atom. The third-order valence-electron chi connectivity index (χ3n) is 5.52. The maximum atomic E-state index is 12.8. The van der Waals surface area contributed by atoms with E-state index in [2.05, 4.69) is 18.7 Å². The SMILES string of the molecule is CCCCCCCC(CCCCCC)N1CC[C@](N)(CC(F)F)C1. The molecule has 0 spiro atoms. The minimum atomic E-state index is -2.29. The Morgan fingerprint density at radius 2 is 1.46 bits per heavy atom. The Balaban J connectivity index is 2.44. The number of nitrogens with two attached hydrogens (primary N) is 1. The Morgan fingerprint density at radius 1 is 0.917 bits per heavy atom. The second kappa shape index (κ2) is 12.2. The molecule has 2 nitrogen and oxygen atoms in total. The van der Waals surface area contributed by atoms with Crippen LogP contribution in [0.1, 0.15) is 97.3 Å². The van der Waals surface area contributed by atoms with Crippen molar-refractivity contribution >= 4 is 0 Å². The molecule has 1 rings (SSSR count). The first-order chi connectivity index (χ1) is 11.5. The number of hydrogen-bond donors (Lipinski definition) is 1. The Labute approximate surface area is 148 Å². The number of halogens is 2. The van der Waals surface area contributed by atoms with Gasteiger partial charge in [0.05, 0.1) is 0 Å². The summed E-state index contributed by atoms with van der Waals surface area (Å²) < 4.78 is 25.5. The molecule has 24 heavy (non-hydrogen) atoms. The van der Waals surface area contributed by atoms with Gasteiger partial charge in [-0.3, -0.25) is 4.90 Å². The van der Waals surface area contributed by atoms with Gasteiger partial charge in [0.25, 0.3) is 0 Å². The van der Waals surface area contributed by atoms with E-state index in [0.717, 1.165) is 13.0 Å². The molecule has 0 amide bonds. The van der Waals surface area contributed by atoms with E-state index in [4.69, 9.17) is 5.73 Å². The first-order valence-corrected chi connectivity index (χ1v) is 10.3. The number of likely N-dealkylation sites (tertiary alicyclic amines) is 1. The molecule has 1 unspecified atom stereocenters. The molecule has 1 saturated heterocycles. The van der Waals surface area contributed by atoms with Crippen molar-refractivity contribution in [1.82, 2.24) is 4.90 Å². The normalized spacial score (nSPS) is 23.2. The summed E-state index contributed by atoms with van der Waals surface area (Å²) in [5, 5.41) is 0. The van der Waals surface area contributed by atoms with Crippen molar-refractivity contribution in [2.45, 2.75) is 115 Å². The van der Waals surface area contributed by atoms with Crippen LogP contribution in [0.5, 0.6) is 0 Å². The third-order valence-corrected chi connectivity index (χ3v) is 5.52. The topological polar surface area (TPSA) is 29.3 Å². The van der Waals surface area contributed by atoms with Crippen molar-refractivity contribution in [1.29, 1.82) is 0 Å². The quantitative estimate of drug-likeness (QED) is 0.406. The van der Waals surface area contributed by atoms with Crippen LogP contribution in [0.3, 0.4) is 0 Å². The van der Waals surface area contributed by atoms with Crippen molar-refractivity contribution in [3.05, 3.63) is 0 Å². The van der Waals surface area contributed by atoms with Gasteiger partial charge in [0.1, 0.15) is 0 Å². The van der Waals surface area contributed by atoms with E-state index in [1.165, 1.54) is 70.6 Å². The fraction of sp³-hybridized carbons (Fsp3) is 1.00. The predicted octanol–water partition coefficient (Wildman–Crippen LogP) is 5.74. The van der Waals surface area contributed by atoms with Crippen molar-refractivity contribution in [3.8, 4) is 0 Å². The largest absolute Gasteiger partial charge is 0.324 e. The zero-order valence-corrected chi connectivity index (χ0v) is 16.0. The molecule has 1 aliphatic rings. The van der Waals surface area contributed by atoms with Gasteiger partial charge in [0.15, 0.2) is 0 Å². The van der Waals surface area contributed by atoms with Crippen LogP contribution in [0, 0.1) is 0 Å². The van der Waals surface area contributed by atoms with E-state index in [-0.39, 0.29) is 6.42 Å². The Bertz CT molecular complexity index is 312. The average Bonchev–Trinajstić information content (AvgIpc) is 2.90. The summed E-state index contributed by atoms with van der Waals surface area (Å²) in [5.41, 5.74) is 5.57. The van der Waals surface area contributed by atoms with Gasteiger partial charge in [0, 0.05) is 31.1 Å². The lowest BCUT2D eigenvalue weighted by Crippen LogP contribution is -2.46. The molecule has 1 aliphatic heterocycles. The summed E-state index contributed by atoms with van der Waals surface area (Å²) >= 11 is 0. The summed E-state index contributed by atoms with van der Waals surface area (Å²) in [6, 6.07) is 0.548. The Hall–Kier alpha value is -0.220. The van der Waals surface area contributed by atoms with E-state index in [9.17, 15) is 8.78 Å². The lowest BCUT2D eigenvalue weighted by atomic mass is 9.95. The molecule has 2 atom stereocenters. The van der Waals surface area contributed by atoms with Crippen LogP contribution in [0.15, 0.2) is 0 Å². The van der Waals surface area contributed by atoms with Crippen LogP contribution < -0.4 is 5.73 Å². The molecule has 2 N–H and O–H groups in total. The standard InChI is InChI=1S/C20H40F2N2/c1-3-5-7-9-11-13-18(12-10-8-6-4-2)24-15-14-20(23,17-24)16-19(21)22/h18-19H,3-17,23H2,1-2H3/t18?,20-/m0/s1. The minimum absolute atomic E-state index is 0.150. The summed E-state index contributed by atoms with van der Waals surface area (Å²) in [4.78, 5) is 2.42. The van der Waals surface area contributed by atoms with Crippen LogP contribution in [-0.2, 0) is 0 Å². The summed E-state index contributed by atoms with van der Waals surface area (Å²) in [7, 11) is 0. The molecule has 4 heteroatoms. The summed E-state index contributed by atoms with van der Waals surface area (Å²) in [6.07, 6.45) is 12.3. The summed E-state index contributed by atoms with van der Waals surface area (Å²) in [6.45, 7) is 6.03. The van der Waals surface area contributed by atoms with Crippen molar-refractivity contribution in [2.24, 2.45) is 5.73 Å². The molecule has 0 aromatic rings. The highest BCUT2D eigenvalue weighted by Gasteiger charge is 2.38. The highest BCUT2D eigenvalue weighted by molar-refractivity contribution is 4.96. The first-order valence-electron chi connectivity index (χ1n) is 10.3. The second-order valence-electron chi connectivity index (χ2n) is 7.88. The van der Waals surface area contributed by atoms with Crippen molar-refractivity contribution < 1.29 is 8.78 Å². The summed E-state index contributed by atoms with van der Waals surface area (Å²) in [5.74, 6) is 0. The van der Waals surface area contributed by atoms with Gasteiger partial charge < -0.3 is 5.73 Å². The van der Waals surface area contributed by atoms with Gasteiger partial charge in [0.2, 0.25) is 6.43 Å². The third kappa shape index (κ3) is 8.75. The van der Waals surface area contributed by atoms with E-state index < -0.39 is 12.0 Å². The molecular formula is C20H40F2N2. The molecule has 0 bridgehead atoms. The van der Waals surface area contributed by atoms with Crippen LogP contribution in [0.2, 0.25) is 0 Å². The zero-order valence-electron chi connectivity index (χ0n) is 16.0. The second-order valence-corrected chi connectivity index (χ2v) is 7.88. The van der Waals surface area contributed by atoms with E-state index in [1.807, 2.05) is 0 Å². The lowest BCUT2D eigenvalue weighted by Gasteiger charge is -2.30. The molecule has 0 aliphatic carbocycles. The highest BCUT2D eigenvalue weighted by atomic mass is 19.3. The minimum Gasteiger partial charge on any atom is -0.324 e. The van der Waals surface area contributed by atoms with Crippen LogP contribution in [-0.4, -0.2) is 36.0 Å². The fourth-order valence-corrected chi connectivity index (χ4v) is 4.01. The smallest absolute Gasteiger partial charge is 0.240 e. The zero-order chi connectivity index (χ0) is 17.8. The Kier molecular flexibility index (Phi) is 11.1. The molecule has 1 heterocycles. The van der Waals surface area contributed by atoms with E-state index in [1.54, 1.807) is 0 Å². The van der Waals surface area contributed by atoms with E-state index in [0.29, 0.717) is 12.6 Å². The van der Waals surface area contributed by atoms with Crippen LogP contribution >= 0.6 is 0 Å². The molecular weight excluding hydrogens is 306 g/mol. The number of nitrogens with zero attached hydrogens (tertiary/aromatic N) is 1.